The zero-order chi connectivity index (χ0) is 16.4. The van der Waals surface area contributed by atoms with Gasteiger partial charge in [-0.2, -0.15) is 0 Å². The van der Waals surface area contributed by atoms with E-state index in [1.807, 2.05) is 31.1 Å². The van der Waals surface area contributed by atoms with Crippen molar-refractivity contribution in [3.8, 4) is 0 Å². The first-order chi connectivity index (χ1) is 11.1. The molecule has 0 fully saturated rings. The molecule has 2 aromatic rings. The van der Waals surface area contributed by atoms with E-state index in [-0.39, 0.29) is 11.1 Å². The maximum absolute atomic E-state index is 12.3. The number of thioether (sulfide) groups is 1. The number of anilines is 1. The maximum atomic E-state index is 12.3. The van der Waals surface area contributed by atoms with Crippen LogP contribution in [0.25, 0.3) is 0 Å². The molecule has 23 heavy (non-hydrogen) atoms. The number of pyridine rings is 1. The van der Waals surface area contributed by atoms with Crippen LogP contribution in [0.3, 0.4) is 0 Å². The van der Waals surface area contributed by atoms with Gasteiger partial charge in [0.2, 0.25) is 0 Å². The van der Waals surface area contributed by atoms with E-state index in [1.54, 1.807) is 10.8 Å². The fraction of sp³-hybridized carbons (Fsp3) is 0.333. The Labute approximate surface area is 137 Å². The van der Waals surface area contributed by atoms with Crippen molar-refractivity contribution in [1.82, 2.24) is 19.9 Å². The number of aromatic nitrogens is 3. The first kappa shape index (κ1) is 15.5. The number of amides is 1. The molecule has 120 valence electrons. The largest absolute Gasteiger partial charge is 0.363 e. The Morgan fingerprint density at radius 3 is 3.04 bits per heavy atom. The van der Waals surface area contributed by atoms with Gasteiger partial charge in [-0.15, -0.1) is 0 Å². The van der Waals surface area contributed by atoms with Gasteiger partial charge < -0.3 is 10.2 Å². The molecule has 7 nitrogen and oxygen atoms in total. The number of carbonyl (C=O) groups is 1. The summed E-state index contributed by atoms with van der Waals surface area (Å²) in [5.74, 6) is 1.23. The standard InChI is InChI=1S/C15H17N5O2S/c1-19(2)12-7-10(3-4-16-12)8-17-13(21)11-9-18-15-20(14(11)22)5-6-23-15/h3-4,7,9H,5-6,8H2,1-2H3,(H,17,21). The van der Waals surface area contributed by atoms with Gasteiger partial charge in [-0.25, -0.2) is 9.97 Å². The molecule has 1 N–H and O–H groups in total. The molecule has 0 bridgehead atoms. The Morgan fingerprint density at radius 2 is 2.26 bits per heavy atom. The molecule has 0 saturated carbocycles. The maximum Gasteiger partial charge on any atom is 0.267 e. The number of rotatable bonds is 4. The zero-order valence-corrected chi connectivity index (χ0v) is 13.8. The summed E-state index contributed by atoms with van der Waals surface area (Å²) in [7, 11) is 3.81. The Kier molecular flexibility index (Phi) is 4.33. The molecule has 1 aliphatic heterocycles. The van der Waals surface area contributed by atoms with Gasteiger partial charge in [0.1, 0.15) is 11.4 Å². The third-order valence-electron chi connectivity index (χ3n) is 3.52. The normalized spacial score (nSPS) is 12.8. The van der Waals surface area contributed by atoms with Gasteiger partial charge in [0, 0.05) is 45.3 Å². The number of nitrogens with zero attached hydrogens (tertiary/aromatic N) is 4. The lowest BCUT2D eigenvalue weighted by Crippen LogP contribution is -2.33. The van der Waals surface area contributed by atoms with Crippen LogP contribution in [-0.2, 0) is 13.1 Å². The van der Waals surface area contributed by atoms with E-state index in [2.05, 4.69) is 15.3 Å². The van der Waals surface area contributed by atoms with Gasteiger partial charge in [-0.3, -0.25) is 14.2 Å². The van der Waals surface area contributed by atoms with Crippen LogP contribution in [0.15, 0.2) is 34.5 Å². The lowest BCUT2D eigenvalue weighted by atomic mass is 10.2. The molecule has 8 heteroatoms. The number of hydrogen-bond acceptors (Lipinski definition) is 6. The summed E-state index contributed by atoms with van der Waals surface area (Å²) >= 11 is 1.53. The summed E-state index contributed by atoms with van der Waals surface area (Å²) in [6.07, 6.45) is 3.06. The third-order valence-corrected chi connectivity index (χ3v) is 4.49. The van der Waals surface area contributed by atoms with Crippen molar-refractivity contribution >= 4 is 23.5 Å². The molecule has 3 heterocycles. The van der Waals surface area contributed by atoms with E-state index < -0.39 is 5.91 Å². The molecule has 0 aromatic carbocycles. The Morgan fingerprint density at radius 1 is 1.43 bits per heavy atom. The molecule has 1 amide bonds. The predicted octanol–water partition coefficient (Wildman–Crippen LogP) is 0.740. The van der Waals surface area contributed by atoms with Crippen LogP contribution in [0.4, 0.5) is 5.82 Å². The fourth-order valence-electron chi connectivity index (χ4n) is 2.27. The first-order valence-corrected chi connectivity index (χ1v) is 8.18. The minimum atomic E-state index is -0.405. The number of carbonyl (C=O) groups excluding carboxylic acids is 1. The second-order valence-corrected chi connectivity index (χ2v) is 6.42. The van der Waals surface area contributed by atoms with Crippen LogP contribution >= 0.6 is 11.8 Å². The fourth-order valence-corrected chi connectivity index (χ4v) is 3.18. The quantitative estimate of drug-likeness (QED) is 0.833. The predicted molar refractivity (Wildman–Crippen MR) is 89.0 cm³/mol. The van der Waals surface area contributed by atoms with Crippen molar-refractivity contribution in [2.75, 3.05) is 24.7 Å². The highest BCUT2D eigenvalue weighted by Gasteiger charge is 2.19. The molecule has 0 saturated heterocycles. The summed E-state index contributed by atoms with van der Waals surface area (Å²) in [5.41, 5.74) is 0.723. The molecule has 0 unspecified atom stereocenters. The summed E-state index contributed by atoms with van der Waals surface area (Å²) in [6, 6.07) is 3.72. The van der Waals surface area contributed by atoms with Crippen molar-refractivity contribution in [3.05, 3.63) is 46.0 Å². The van der Waals surface area contributed by atoms with Crippen LogP contribution < -0.4 is 15.8 Å². The van der Waals surface area contributed by atoms with Gasteiger partial charge in [0.25, 0.3) is 11.5 Å². The van der Waals surface area contributed by atoms with E-state index in [9.17, 15) is 9.59 Å². The summed E-state index contributed by atoms with van der Waals surface area (Å²) in [4.78, 5) is 34.8. The minimum Gasteiger partial charge on any atom is -0.363 e. The van der Waals surface area contributed by atoms with Crippen molar-refractivity contribution in [2.45, 2.75) is 18.2 Å². The zero-order valence-electron chi connectivity index (χ0n) is 12.9. The highest BCUT2D eigenvalue weighted by atomic mass is 32.2. The Bertz CT molecular complexity index is 803. The minimum absolute atomic E-state index is 0.0816. The van der Waals surface area contributed by atoms with E-state index in [0.29, 0.717) is 18.2 Å². The topological polar surface area (TPSA) is 80.1 Å². The van der Waals surface area contributed by atoms with Gasteiger partial charge in [0.05, 0.1) is 0 Å². The molecule has 3 rings (SSSR count). The lowest BCUT2D eigenvalue weighted by Gasteiger charge is -2.12. The Hall–Kier alpha value is -2.35. The third kappa shape index (κ3) is 3.21. The molecule has 2 aromatic heterocycles. The average Bonchev–Trinajstić information content (AvgIpc) is 3.03. The smallest absolute Gasteiger partial charge is 0.267 e. The van der Waals surface area contributed by atoms with Crippen LogP contribution in [0, 0.1) is 0 Å². The van der Waals surface area contributed by atoms with E-state index >= 15 is 0 Å². The summed E-state index contributed by atoms with van der Waals surface area (Å²) < 4.78 is 1.55. The molecule has 0 radical (unpaired) electrons. The van der Waals surface area contributed by atoms with E-state index in [1.165, 1.54) is 18.0 Å². The van der Waals surface area contributed by atoms with Crippen LogP contribution in [-0.4, -0.2) is 40.3 Å². The van der Waals surface area contributed by atoms with Crippen molar-refractivity contribution in [3.63, 3.8) is 0 Å². The number of fused-ring (bicyclic) bond motifs is 1. The highest BCUT2D eigenvalue weighted by Crippen LogP contribution is 2.20. The molecule has 0 aliphatic carbocycles. The number of hydrogen-bond donors (Lipinski definition) is 1. The average molecular weight is 331 g/mol. The van der Waals surface area contributed by atoms with Gasteiger partial charge in [0.15, 0.2) is 5.16 Å². The van der Waals surface area contributed by atoms with Crippen molar-refractivity contribution in [2.24, 2.45) is 0 Å². The van der Waals surface area contributed by atoms with Crippen molar-refractivity contribution < 1.29 is 4.79 Å². The van der Waals surface area contributed by atoms with Crippen LogP contribution in [0.2, 0.25) is 0 Å². The molecular formula is C15H17N5O2S. The Balaban J connectivity index is 1.73. The van der Waals surface area contributed by atoms with Gasteiger partial charge in [-0.1, -0.05) is 11.8 Å². The molecule has 0 atom stereocenters. The van der Waals surface area contributed by atoms with E-state index in [4.69, 9.17) is 0 Å². The monoisotopic (exact) mass is 331 g/mol. The molecular weight excluding hydrogens is 314 g/mol. The van der Waals surface area contributed by atoms with Crippen LogP contribution in [0.5, 0.6) is 0 Å². The molecule has 1 aliphatic rings. The molecule has 0 spiro atoms. The summed E-state index contributed by atoms with van der Waals surface area (Å²) in [6.45, 7) is 0.932. The SMILES string of the molecule is CN(C)c1cc(CNC(=O)c2cnc3n(c2=O)CCS3)ccn1. The van der Waals surface area contributed by atoms with E-state index in [0.717, 1.165) is 17.1 Å². The van der Waals surface area contributed by atoms with Gasteiger partial charge in [-0.05, 0) is 17.7 Å². The lowest BCUT2D eigenvalue weighted by molar-refractivity contribution is 0.0948. The second-order valence-electron chi connectivity index (χ2n) is 5.36. The second kappa shape index (κ2) is 6.41. The van der Waals surface area contributed by atoms with Crippen LogP contribution in [0.1, 0.15) is 15.9 Å². The first-order valence-electron chi connectivity index (χ1n) is 7.19. The summed E-state index contributed by atoms with van der Waals surface area (Å²) in [5, 5.41) is 3.45. The van der Waals surface area contributed by atoms with Gasteiger partial charge >= 0.3 is 0 Å². The van der Waals surface area contributed by atoms with Crippen molar-refractivity contribution in [1.29, 1.82) is 0 Å². The number of nitrogens with one attached hydrogen (secondary N) is 1. The highest BCUT2D eigenvalue weighted by molar-refractivity contribution is 7.99.